The fourth-order valence-electron chi connectivity index (χ4n) is 5.36. The number of nitriles is 1. The summed E-state index contributed by atoms with van der Waals surface area (Å²) in [6, 6.07) is 15.5. The van der Waals surface area contributed by atoms with Gasteiger partial charge in [-0.05, 0) is 61.4 Å². The second-order valence-corrected chi connectivity index (χ2v) is 13.1. The number of hydrogen-bond donors (Lipinski definition) is 4. The molecule has 0 amide bonds. The number of nitrogens with one attached hydrogen (secondary N) is 3. The van der Waals surface area contributed by atoms with E-state index in [9.17, 15) is 22.8 Å². The first-order chi connectivity index (χ1) is 27.0. The third kappa shape index (κ3) is 8.74. The molecule has 6 heterocycles. The van der Waals surface area contributed by atoms with Crippen molar-refractivity contribution in [1.82, 2.24) is 49.8 Å². The second-order valence-electron chi connectivity index (χ2n) is 13.1. The van der Waals surface area contributed by atoms with Gasteiger partial charge in [0.05, 0.1) is 23.7 Å². The normalized spacial score (nSPS) is 13.7. The summed E-state index contributed by atoms with van der Waals surface area (Å²) in [6.07, 6.45) is 4.02. The van der Waals surface area contributed by atoms with E-state index < -0.39 is 52.8 Å². The zero-order chi connectivity index (χ0) is 40.6. The summed E-state index contributed by atoms with van der Waals surface area (Å²) < 4.78 is 88.0. The molecule has 0 saturated heterocycles. The van der Waals surface area contributed by atoms with Gasteiger partial charge in [-0.2, -0.15) is 61.5 Å². The maximum atomic E-state index is 15.9. The van der Waals surface area contributed by atoms with Crippen LogP contribution in [-0.2, 0) is 23.2 Å². The number of anilines is 6. The number of halogens is 6. The lowest BCUT2D eigenvalue weighted by Crippen LogP contribution is -2.27. The SMILES string of the molecule is CC(F)(F)c1cc(Nc2nc(NCC(F)(F)c3cccc(-c4nc(N)nc(Nc5ccnc(C6(C#N)CC6)c5)n4)n3)nc(-c3cccc(C(C)(F)F)n3)n2)ccn1. The molecule has 0 unspecified atom stereocenters. The van der Waals surface area contributed by atoms with Crippen molar-refractivity contribution in [3.8, 4) is 29.1 Å². The number of nitrogens with zero attached hydrogens (tertiary/aromatic N) is 11. The lowest BCUT2D eigenvalue weighted by atomic mass is 10.0. The Labute approximate surface area is 319 Å². The van der Waals surface area contributed by atoms with E-state index in [0.717, 1.165) is 24.4 Å². The van der Waals surface area contributed by atoms with Crippen LogP contribution in [0.15, 0.2) is 73.1 Å². The lowest BCUT2D eigenvalue weighted by Gasteiger charge is -2.18. The molecule has 6 aromatic heterocycles. The lowest BCUT2D eigenvalue weighted by molar-refractivity contribution is 0.00584. The highest BCUT2D eigenvalue weighted by Crippen LogP contribution is 2.47. The minimum absolute atomic E-state index is 0.0128. The van der Waals surface area contributed by atoms with Crippen LogP contribution < -0.4 is 21.7 Å². The Morgan fingerprint density at radius 1 is 0.667 bits per heavy atom. The Morgan fingerprint density at radius 3 is 1.86 bits per heavy atom. The van der Waals surface area contributed by atoms with Crippen molar-refractivity contribution < 1.29 is 26.3 Å². The first-order valence-electron chi connectivity index (χ1n) is 17.0. The number of nitrogen functional groups attached to an aromatic ring is 1. The highest BCUT2D eigenvalue weighted by molar-refractivity contribution is 5.61. The molecule has 1 aliphatic rings. The van der Waals surface area contributed by atoms with Gasteiger partial charge in [0, 0.05) is 37.6 Å². The molecule has 290 valence electrons. The Morgan fingerprint density at radius 2 is 1.23 bits per heavy atom. The van der Waals surface area contributed by atoms with Gasteiger partial charge in [0.15, 0.2) is 11.6 Å². The third-order valence-electron chi connectivity index (χ3n) is 8.47. The molecular formula is C36H29F6N15. The van der Waals surface area contributed by atoms with Crippen LogP contribution in [0, 0.1) is 11.3 Å². The van der Waals surface area contributed by atoms with Crippen molar-refractivity contribution in [2.75, 3.05) is 28.2 Å². The maximum Gasteiger partial charge on any atom is 0.306 e. The average Bonchev–Trinajstić information content (AvgIpc) is 3.98. The van der Waals surface area contributed by atoms with Crippen LogP contribution in [0.4, 0.5) is 61.5 Å². The highest BCUT2D eigenvalue weighted by atomic mass is 19.3. The highest BCUT2D eigenvalue weighted by Gasteiger charge is 2.46. The van der Waals surface area contributed by atoms with Crippen molar-refractivity contribution in [3.05, 3.63) is 95.8 Å². The standard InChI is InChI=1S/C36H29F6N15/c1-33(37,38)23-7-3-5-22(50-23)28-53-30(57-32(55-28)49-19-9-13-45-25(15-19)34(2,39)40)47-18-36(41,42)24-8-4-6-21(51-24)27-52-29(44)56-31(54-27)48-20-10-14-46-26(16-20)35(17-43)11-12-35/h3-10,13-16H,11-12,18H2,1-2H3,(H3,44,46,48,52,54,56)(H2,45,47,49,53,55,57). The van der Waals surface area contributed by atoms with E-state index in [1.54, 1.807) is 12.1 Å². The van der Waals surface area contributed by atoms with E-state index in [1.165, 1.54) is 36.5 Å². The topological polar surface area (TPSA) is 215 Å². The number of nitrogens with two attached hydrogens (primary N) is 1. The summed E-state index contributed by atoms with van der Waals surface area (Å²) in [4.78, 5) is 40.9. The Balaban J connectivity index is 1.14. The first kappa shape index (κ1) is 38.2. The largest absolute Gasteiger partial charge is 0.368 e. The monoisotopic (exact) mass is 785 g/mol. The van der Waals surface area contributed by atoms with E-state index in [0.29, 0.717) is 38.1 Å². The third-order valence-corrected chi connectivity index (χ3v) is 8.47. The molecule has 7 rings (SSSR count). The fourth-order valence-corrected chi connectivity index (χ4v) is 5.36. The van der Waals surface area contributed by atoms with Gasteiger partial charge in [-0.15, -0.1) is 0 Å². The van der Waals surface area contributed by atoms with E-state index >= 15 is 8.78 Å². The maximum absolute atomic E-state index is 15.9. The van der Waals surface area contributed by atoms with Crippen LogP contribution in [0.25, 0.3) is 23.0 Å². The van der Waals surface area contributed by atoms with Crippen molar-refractivity contribution in [2.45, 2.75) is 49.9 Å². The first-order valence-corrected chi connectivity index (χ1v) is 17.0. The molecule has 0 aromatic carbocycles. The smallest absolute Gasteiger partial charge is 0.306 e. The van der Waals surface area contributed by atoms with Gasteiger partial charge in [0.1, 0.15) is 28.5 Å². The zero-order valence-electron chi connectivity index (χ0n) is 29.8. The van der Waals surface area contributed by atoms with Gasteiger partial charge in [0.25, 0.3) is 11.8 Å². The Hall–Kier alpha value is -7.11. The fraction of sp³-hybridized carbons (Fsp3) is 0.250. The Bertz CT molecular complexity index is 2500. The van der Waals surface area contributed by atoms with Crippen LogP contribution >= 0.6 is 0 Å². The van der Waals surface area contributed by atoms with Crippen LogP contribution in [0.3, 0.4) is 0 Å². The number of hydrogen-bond acceptors (Lipinski definition) is 15. The minimum Gasteiger partial charge on any atom is -0.368 e. The predicted molar refractivity (Wildman–Crippen MR) is 194 cm³/mol. The van der Waals surface area contributed by atoms with Crippen LogP contribution in [0.2, 0.25) is 0 Å². The van der Waals surface area contributed by atoms with Crippen molar-refractivity contribution in [3.63, 3.8) is 0 Å². The van der Waals surface area contributed by atoms with E-state index in [4.69, 9.17) is 5.73 Å². The zero-order valence-corrected chi connectivity index (χ0v) is 29.8. The quantitative estimate of drug-likeness (QED) is 0.0866. The average molecular weight is 786 g/mol. The molecule has 6 aromatic rings. The minimum atomic E-state index is -3.70. The van der Waals surface area contributed by atoms with E-state index in [1.807, 2.05) is 0 Å². The van der Waals surface area contributed by atoms with Crippen molar-refractivity contribution >= 4 is 35.2 Å². The molecule has 0 spiro atoms. The summed E-state index contributed by atoms with van der Waals surface area (Å²) in [5, 5.41) is 17.7. The summed E-state index contributed by atoms with van der Waals surface area (Å²) in [5.41, 5.74) is 4.35. The Kier molecular flexibility index (Phi) is 9.72. The van der Waals surface area contributed by atoms with Gasteiger partial charge in [-0.3, -0.25) is 9.97 Å². The molecule has 1 saturated carbocycles. The van der Waals surface area contributed by atoms with Gasteiger partial charge in [-0.1, -0.05) is 12.1 Å². The summed E-state index contributed by atoms with van der Waals surface area (Å²) in [5.74, 6) is -11.7. The molecule has 0 radical (unpaired) electrons. The molecule has 0 aliphatic heterocycles. The van der Waals surface area contributed by atoms with Gasteiger partial charge >= 0.3 is 5.92 Å². The number of aromatic nitrogens is 10. The molecule has 15 nitrogen and oxygen atoms in total. The van der Waals surface area contributed by atoms with Gasteiger partial charge < -0.3 is 21.7 Å². The number of alkyl halides is 6. The molecule has 21 heteroatoms. The summed E-state index contributed by atoms with van der Waals surface area (Å²) >= 11 is 0. The summed E-state index contributed by atoms with van der Waals surface area (Å²) in [7, 11) is 0. The predicted octanol–water partition coefficient (Wildman–Crippen LogP) is 7.02. The van der Waals surface area contributed by atoms with Gasteiger partial charge in [0.2, 0.25) is 23.8 Å². The molecule has 0 bridgehead atoms. The van der Waals surface area contributed by atoms with Gasteiger partial charge in [-0.25, -0.2) is 9.97 Å². The van der Waals surface area contributed by atoms with Crippen molar-refractivity contribution in [2.24, 2.45) is 0 Å². The number of pyridine rings is 4. The van der Waals surface area contributed by atoms with Crippen LogP contribution in [0.1, 0.15) is 49.5 Å². The van der Waals surface area contributed by atoms with E-state index in [2.05, 4.69) is 71.9 Å². The van der Waals surface area contributed by atoms with E-state index in [-0.39, 0.29) is 46.6 Å². The second kappa shape index (κ2) is 14.5. The molecule has 1 fully saturated rings. The van der Waals surface area contributed by atoms with Crippen molar-refractivity contribution in [1.29, 1.82) is 5.26 Å². The molecule has 57 heavy (non-hydrogen) atoms. The molecule has 5 N–H and O–H groups in total. The summed E-state index contributed by atoms with van der Waals surface area (Å²) in [6.45, 7) is 0.172. The molecule has 1 aliphatic carbocycles. The van der Waals surface area contributed by atoms with Crippen LogP contribution in [-0.4, -0.2) is 56.4 Å². The molecule has 0 atom stereocenters. The van der Waals surface area contributed by atoms with Crippen LogP contribution in [0.5, 0.6) is 0 Å². The number of rotatable bonds is 13. The molecular weight excluding hydrogens is 756 g/mol.